The third-order valence-corrected chi connectivity index (χ3v) is 11.0. The minimum atomic E-state index is -3.90. The molecule has 0 unspecified atom stereocenters. The lowest BCUT2D eigenvalue weighted by atomic mass is 10.0. The number of nitriles is 1. The summed E-state index contributed by atoms with van der Waals surface area (Å²) in [5, 5.41) is 17.0. The quantitative estimate of drug-likeness (QED) is 0.321. The van der Waals surface area contributed by atoms with E-state index in [0.29, 0.717) is 25.7 Å². The van der Waals surface area contributed by atoms with Crippen molar-refractivity contribution in [2.24, 2.45) is 5.92 Å². The standard InChI is InChI=1S/C34H44N6O8S/c1-33(2,3)48-32(45)37-26-13-8-6-4-5-7-12-23-18-34(23,31(44)39-49(46,47)25-14-15-25)38-29(42)27-17-24(20-40(27)30(26)43)36-28(41)22-11-9-10-21(16-22)19-35/h7,9-12,16,23-27H,4-6,8,13-15,17-18,20H2,1-3H3,(H,36,41)(H,37,45)(H,38,42)(H,39,44)/t23-,24-,26+,27+,34-/m1/s1. The van der Waals surface area contributed by atoms with Crippen molar-refractivity contribution in [2.75, 3.05) is 6.54 Å². The number of benzene rings is 1. The van der Waals surface area contributed by atoms with Crippen LogP contribution in [-0.4, -0.2) is 84.1 Å². The summed E-state index contributed by atoms with van der Waals surface area (Å²) < 4.78 is 33.0. The molecule has 4 N–H and O–H groups in total. The molecule has 1 aromatic rings. The fourth-order valence-corrected chi connectivity index (χ4v) is 7.72. The highest BCUT2D eigenvalue weighted by molar-refractivity contribution is 7.91. The maximum absolute atomic E-state index is 14.2. The number of allylic oxidation sites excluding steroid dienone is 1. The fourth-order valence-electron chi connectivity index (χ4n) is 6.35. The first kappa shape index (κ1) is 35.8. The molecule has 4 aliphatic rings. The van der Waals surface area contributed by atoms with E-state index in [9.17, 15) is 37.7 Å². The second-order valence-corrected chi connectivity index (χ2v) is 16.3. The maximum Gasteiger partial charge on any atom is 0.408 e. The summed E-state index contributed by atoms with van der Waals surface area (Å²) in [6.07, 6.45) is 7.08. The number of ether oxygens (including phenoxy) is 1. The average molecular weight is 697 g/mol. The van der Waals surface area contributed by atoms with E-state index < -0.39 is 80.2 Å². The van der Waals surface area contributed by atoms with E-state index >= 15 is 0 Å². The Morgan fingerprint density at radius 1 is 1.08 bits per heavy atom. The molecule has 264 valence electrons. The summed E-state index contributed by atoms with van der Waals surface area (Å²) in [4.78, 5) is 69.2. The van der Waals surface area contributed by atoms with Crippen LogP contribution in [0, 0.1) is 17.2 Å². The number of alkyl carbamates (subject to hydrolysis) is 1. The van der Waals surface area contributed by atoms with Crippen molar-refractivity contribution in [3.63, 3.8) is 0 Å². The zero-order valence-corrected chi connectivity index (χ0v) is 28.8. The molecule has 5 rings (SSSR count). The van der Waals surface area contributed by atoms with Crippen LogP contribution in [0.3, 0.4) is 0 Å². The Kier molecular flexibility index (Phi) is 10.4. The van der Waals surface area contributed by atoms with Crippen LogP contribution in [0.4, 0.5) is 4.79 Å². The molecule has 0 radical (unpaired) electrons. The van der Waals surface area contributed by atoms with Gasteiger partial charge in [0, 0.05) is 24.1 Å². The molecule has 14 nitrogen and oxygen atoms in total. The van der Waals surface area contributed by atoms with Crippen LogP contribution in [0.2, 0.25) is 0 Å². The predicted molar refractivity (Wildman–Crippen MR) is 177 cm³/mol. The summed E-state index contributed by atoms with van der Waals surface area (Å²) >= 11 is 0. The Bertz CT molecular complexity index is 1680. The van der Waals surface area contributed by atoms with Crippen LogP contribution in [0.1, 0.15) is 94.5 Å². The Labute approximate surface area is 286 Å². The van der Waals surface area contributed by atoms with E-state index in [1.165, 1.54) is 11.0 Å². The van der Waals surface area contributed by atoms with E-state index in [1.807, 2.05) is 18.2 Å². The number of nitrogens with zero attached hydrogens (tertiary/aromatic N) is 2. The molecular formula is C34H44N6O8S. The summed E-state index contributed by atoms with van der Waals surface area (Å²) in [6, 6.07) is 5.20. The molecule has 1 saturated heterocycles. The van der Waals surface area contributed by atoms with Crippen LogP contribution in [0.5, 0.6) is 0 Å². The molecule has 2 heterocycles. The SMILES string of the molecule is CC(C)(C)OC(=O)N[C@H]1CCCCCC=C[C@@H]2C[C@@]2(C(=O)NS(=O)(=O)C2CC2)NC(=O)[C@@H]2C[C@@H](NC(=O)c3cccc(C#N)c3)CN2C1=O. The lowest BCUT2D eigenvalue weighted by Gasteiger charge is -2.30. The number of amides is 5. The number of hydrogen-bond donors (Lipinski definition) is 4. The van der Waals surface area contributed by atoms with Crippen molar-refractivity contribution in [1.82, 2.24) is 25.6 Å². The van der Waals surface area contributed by atoms with E-state index in [4.69, 9.17) is 4.74 Å². The van der Waals surface area contributed by atoms with Gasteiger partial charge in [-0.15, -0.1) is 0 Å². The number of fused-ring (bicyclic) bond motifs is 2. The number of rotatable bonds is 6. The summed E-state index contributed by atoms with van der Waals surface area (Å²) in [5.41, 5.74) is -1.84. The Balaban J connectivity index is 1.43. The smallest absolute Gasteiger partial charge is 0.408 e. The van der Waals surface area contributed by atoms with Gasteiger partial charge in [-0.05, 0) is 83.9 Å². The molecule has 49 heavy (non-hydrogen) atoms. The first-order valence-corrected chi connectivity index (χ1v) is 18.3. The van der Waals surface area contributed by atoms with E-state index in [-0.39, 0.29) is 36.9 Å². The monoisotopic (exact) mass is 696 g/mol. The van der Waals surface area contributed by atoms with Gasteiger partial charge in [-0.3, -0.25) is 23.9 Å². The predicted octanol–water partition coefficient (Wildman–Crippen LogP) is 2.15. The number of carbonyl (C=O) groups excluding carboxylic acids is 5. The molecule has 15 heteroatoms. The third-order valence-electron chi connectivity index (χ3n) is 9.16. The highest BCUT2D eigenvalue weighted by atomic mass is 32.2. The van der Waals surface area contributed by atoms with Crippen LogP contribution >= 0.6 is 0 Å². The molecule has 2 aliphatic heterocycles. The topological polar surface area (TPSA) is 204 Å². The number of carbonyl (C=O) groups is 5. The molecule has 5 amide bonds. The van der Waals surface area contributed by atoms with Crippen LogP contribution < -0.4 is 20.7 Å². The van der Waals surface area contributed by atoms with Crippen molar-refractivity contribution >= 4 is 39.7 Å². The highest BCUT2D eigenvalue weighted by Gasteiger charge is 2.62. The number of nitrogens with one attached hydrogen (secondary N) is 4. The number of sulfonamides is 1. The zero-order chi connectivity index (χ0) is 35.6. The van der Waals surface area contributed by atoms with E-state index in [2.05, 4.69) is 20.7 Å². The molecule has 0 spiro atoms. The largest absolute Gasteiger partial charge is 0.444 e. The molecule has 5 atom stereocenters. The Hall–Kier alpha value is -4.45. The van der Waals surface area contributed by atoms with E-state index in [0.717, 1.165) is 12.8 Å². The van der Waals surface area contributed by atoms with Crippen LogP contribution in [0.15, 0.2) is 36.4 Å². The normalized spacial score (nSPS) is 27.6. The number of hydrogen-bond acceptors (Lipinski definition) is 9. The van der Waals surface area contributed by atoms with Gasteiger partial charge in [0.1, 0.15) is 23.2 Å². The lowest BCUT2D eigenvalue weighted by Crippen LogP contribution is -2.58. The van der Waals surface area contributed by atoms with Gasteiger partial charge >= 0.3 is 6.09 Å². The second-order valence-electron chi connectivity index (χ2n) is 14.3. The minimum absolute atomic E-state index is 0.0149. The van der Waals surface area contributed by atoms with Crippen molar-refractivity contribution in [2.45, 2.75) is 113 Å². The third kappa shape index (κ3) is 8.78. The van der Waals surface area contributed by atoms with Crippen molar-refractivity contribution in [3.05, 3.63) is 47.5 Å². The molecule has 0 aromatic heterocycles. The summed E-state index contributed by atoms with van der Waals surface area (Å²) in [5.74, 6) is -3.02. The van der Waals surface area contributed by atoms with Gasteiger partial charge < -0.3 is 25.6 Å². The minimum Gasteiger partial charge on any atom is -0.444 e. The van der Waals surface area contributed by atoms with Crippen molar-refractivity contribution in [1.29, 1.82) is 5.26 Å². The fraction of sp³-hybridized carbons (Fsp3) is 0.588. The second kappa shape index (κ2) is 14.2. The first-order valence-electron chi connectivity index (χ1n) is 16.8. The van der Waals surface area contributed by atoms with Gasteiger partial charge in [-0.1, -0.05) is 31.1 Å². The lowest BCUT2D eigenvalue weighted by molar-refractivity contribution is -0.141. The zero-order valence-electron chi connectivity index (χ0n) is 28.0. The van der Waals surface area contributed by atoms with E-state index in [1.54, 1.807) is 39.0 Å². The molecule has 2 aliphatic carbocycles. The maximum atomic E-state index is 14.2. The molecular weight excluding hydrogens is 652 g/mol. The van der Waals surface area contributed by atoms with Gasteiger partial charge in [-0.25, -0.2) is 13.2 Å². The van der Waals surface area contributed by atoms with Crippen molar-refractivity contribution in [3.8, 4) is 6.07 Å². The van der Waals surface area contributed by atoms with Gasteiger partial charge in [0.05, 0.1) is 16.9 Å². The summed E-state index contributed by atoms with van der Waals surface area (Å²) in [6.45, 7) is 5.02. The Morgan fingerprint density at radius 2 is 1.84 bits per heavy atom. The molecule has 3 fully saturated rings. The van der Waals surface area contributed by atoms with Gasteiger partial charge in [0.25, 0.3) is 11.8 Å². The first-order chi connectivity index (χ1) is 23.1. The molecule has 1 aromatic carbocycles. The molecule has 0 bridgehead atoms. The highest BCUT2D eigenvalue weighted by Crippen LogP contribution is 2.46. The van der Waals surface area contributed by atoms with Crippen molar-refractivity contribution < 1.29 is 37.1 Å². The van der Waals surface area contributed by atoms with Crippen LogP contribution in [-0.2, 0) is 29.1 Å². The van der Waals surface area contributed by atoms with Gasteiger partial charge in [0.2, 0.25) is 21.8 Å². The summed E-state index contributed by atoms with van der Waals surface area (Å²) in [7, 11) is -3.90. The average Bonchev–Trinajstić information content (AvgIpc) is 3.95. The van der Waals surface area contributed by atoms with Gasteiger partial charge in [-0.2, -0.15) is 5.26 Å². The van der Waals surface area contributed by atoms with Crippen LogP contribution in [0.25, 0.3) is 0 Å². The Morgan fingerprint density at radius 3 is 2.53 bits per heavy atom. The molecule has 2 saturated carbocycles. The van der Waals surface area contributed by atoms with Gasteiger partial charge in [0.15, 0.2) is 0 Å².